The van der Waals surface area contributed by atoms with Gasteiger partial charge >= 0.3 is 0 Å². The number of hydrogen-bond donors (Lipinski definition) is 0. The zero-order chi connectivity index (χ0) is 27.4. The second kappa shape index (κ2) is 11.5. The molecule has 2 heterocycles. The van der Waals surface area contributed by atoms with Crippen molar-refractivity contribution in [3.8, 4) is 5.75 Å². The monoisotopic (exact) mass is 543 g/mol. The van der Waals surface area contributed by atoms with E-state index in [1.54, 1.807) is 17.0 Å². The summed E-state index contributed by atoms with van der Waals surface area (Å²) in [5, 5.41) is 1.61. The highest BCUT2D eigenvalue weighted by molar-refractivity contribution is 6.30. The van der Waals surface area contributed by atoms with Crippen molar-refractivity contribution in [3.05, 3.63) is 101 Å². The van der Waals surface area contributed by atoms with Crippen LogP contribution in [0.3, 0.4) is 0 Å². The summed E-state index contributed by atoms with van der Waals surface area (Å²) in [5.74, 6) is 0.831. The minimum atomic E-state index is -0.378. The minimum absolute atomic E-state index is 0.0338. The average molecular weight is 544 g/mol. The number of hydrogen-bond acceptors (Lipinski definition) is 3. The van der Waals surface area contributed by atoms with Crippen molar-refractivity contribution in [1.82, 2.24) is 14.4 Å². The number of benzene rings is 3. The van der Waals surface area contributed by atoms with Gasteiger partial charge in [-0.05, 0) is 48.7 Å². The molecule has 0 N–H and O–H groups in total. The lowest BCUT2D eigenvalue weighted by Crippen LogP contribution is -2.47. The minimum Gasteiger partial charge on any atom is -0.493 e. The number of ether oxygens (including phenoxy) is 1. The number of halogens is 1. The molecule has 0 aliphatic carbocycles. The average Bonchev–Trinajstić information content (AvgIpc) is 3.30. The summed E-state index contributed by atoms with van der Waals surface area (Å²) in [7, 11) is 3.81. The molecule has 3 aromatic carbocycles. The molecule has 1 aromatic heterocycles. The molecule has 1 aliphatic heterocycles. The molecule has 7 heteroatoms. The van der Waals surface area contributed by atoms with Crippen LogP contribution in [0.2, 0.25) is 5.02 Å². The van der Waals surface area contributed by atoms with Gasteiger partial charge in [0.1, 0.15) is 5.75 Å². The summed E-state index contributed by atoms with van der Waals surface area (Å²) in [6, 6.07) is 25.3. The first-order chi connectivity index (χ1) is 18.8. The topological polar surface area (TPSA) is 54.8 Å². The zero-order valence-electron chi connectivity index (χ0n) is 22.5. The molecule has 6 nitrogen and oxygen atoms in total. The fraction of sp³-hybridized carbons (Fsp3) is 0.312. The summed E-state index contributed by atoms with van der Waals surface area (Å²) in [5.41, 5.74) is 2.47. The molecule has 0 radical (unpaired) electrons. The zero-order valence-corrected chi connectivity index (χ0v) is 23.2. The highest BCUT2D eigenvalue weighted by atomic mass is 35.5. The first-order valence-corrected chi connectivity index (χ1v) is 13.7. The Morgan fingerprint density at radius 2 is 1.62 bits per heavy atom. The number of aromatic nitrogens is 1. The van der Waals surface area contributed by atoms with Crippen molar-refractivity contribution in [2.45, 2.75) is 25.8 Å². The summed E-state index contributed by atoms with van der Waals surface area (Å²) in [4.78, 5) is 30.7. The second-order valence-electron chi connectivity index (χ2n) is 10.6. The Morgan fingerprint density at radius 3 is 2.33 bits per heavy atom. The quantitative estimate of drug-likeness (QED) is 0.266. The van der Waals surface area contributed by atoms with Crippen molar-refractivity contribution in [2.75, 3.05) is 26.7 Å². The molecule has 0 atom stereocenters. The van der Waals surface area contributed by atoms with E-state index in [4.69, 9.17) is 16.3 Å². The van der Waals surface area contributed by atoms with Crippen molar-refractivity contribution < 1.29 is 14.3 Å². The van der Waals surface area contributed by atoms with Gasteiger partial charge in [-0.1, -0.05) is 60.1 Å². The first kappa shape index (κ1) is 26.8. The maximum absolute atomic E-state index is 13.6. The van der Waals surface area contributed by atoms with Crippen LogP contribution in [0, 0.1) is 5.41 Å². The number of carbonyl (C=O) groups is 2. The van der Waals surface area contributed by atoms with E-state index in [0.717, 1.165) is 27.8 Å². The van der Waals surface area contributed by atoms with Gasteiger partial charge in [0.15, 0.2) is 0 Å². The van der Waals surface area contributed by atoms with E-state index in [1.165, 1.54) is 0 Å². The number of nitrogens with zero attached hydrogens (tertiary/aromatic N) is 3. The van der Waals surface area contributed by atoms with Crippen LogP contribution in [0.5, 0.6) is 5.75 Å². The lowest BCUT2D eigenvalue weighted by Gasteiger charge is -2.41. The predicted molar refractivity (Wildman–Crippen MR) is 155 cm³/mol. The molecule has 1 aliphatic rings. The Morgan fingerprint density at radius 1 is 0.949 bits per heavy atom. The fourth-order valence-electron chi connectivity index (χ4n) is 5.41. The summed E-state index contributed by atoms with van der Waals surface area (Å²) >= 11 is 6.05. The highest BCUT2D eigenvalue weighted by Crippen LogP contribution is 2.37. The molecule has 39 heavy (non-hydrogen) atoms. The van der Waals surface area contributed by atoms with E-state index < -0.39 is 0 Å². The SMILES string of the molecule is CN(Cc1ccccc1)C(=O)CC1(COc2ccc(Cl)cc2)CCN(C(=O)c2cn(C)c3ccccc23)CC1. The van der Waals surface area contributed by atoms with Crippen molar-refractivity contribution >= 4 is 34.3 Å². The summed E-state index contributed by atoms with van der Waals surface area (Å²) in [6.07, 6.45) is 3.64. The summed E-state index contributed by atoms with van der Waals surface area (Å²) in [6.45, 7) is 2.10. The Balaban J connectivity index is 1.31. The molecule has 0 spiro atoms. The summed E-state index contributed by atoms with van der Waals surface area (Å²) < 4.78 is 8.21. The fourth-order valence-corrected chi connectivity index (χ4v) is 5.53. The molecule has 2 amide bonds. The van der Waals surface area contributed by atoms with Crippen molar-refractivity contribution in [1.29, 1.82) is 0 Å². The third-order valence-electron chi connectivity index (χ3n) is 7.81. The lowest BCUT2D eigenvalue weighted by molar-refractivity contribution is -0.134. The van der Waals surface area contributed by atoms with E-state index in [1.807, 2.05) is 96.5 Å². The van der Waals surface area contributed by atoms with Crippen LogP contribution < -0.4 is 4.74 Å². The van der Waals surface area contributed by atoms with Crippen LogP contribution in [0.1, 0.15) is 35.2 Å². The van der Waals surface area contributed by atoms with Crippen LogP contribution in [0.15, 0.2) is 85.1 Å². The predicted octanol–water partition coefficient (Wildman–Crippen LogP) is 6.18. The number of likely N-dealkylation sites (tertiary alicyclic amines) is 1. The Bertz CT molecular complexity index is 1440. The Labute approximate surface area is 234 Å². The lowest BCUT2D eigenvalue weighted by atomic mass is 9.75. The number of para-hydroxylation sites is 1. The normalized spacial score (nSPS) is 14.8. The number of carbonyl (C=O) groups excluding carboxylic acids is 2. The van der Waals surface area contributed by atoms with Gasteiger partial charge in [-0.3, -0.25) is 9.59 Å². The van der Waals surface area contributed by atoms with Crippen LogP contribution in [0.4, 0.5) is 0 Å². The molecular weight excluding hydrogens is 510 g/mol. The largest absolute Gasteiger partial charge is 0.493 e. The molecule has 1 fully saturated rings. The van der Waals surface area contributed by atoms with Gasteiger partial charge in [0.2, 0.25) is 5.91 Å². The number of aryl methyl sites for hydroxylation is 1. The molecule has 0 bridgehead atoms. The third-order valence-corrected chi connectivity index (χ3v) is 8.06. The van der Waals surface area contributed by atoms with Gasteiger partial charge in [0, 0.05) is 67.7 Å². The molecule has 0 saturated carbocycles. The highest BCUT2D eigenvalue weighted by Gasteiger charge is 2.40. The molecule has 5 rings (SSSR count). The first-order valence-electron chi connectivity index (χ1n) is 13.3. The van der Waals surface area contributed by atoms with Gasteiger partial charge < -0.3 is 19.1 Å². The Hall–Kier alpha value is -3.77. The van der Waals surface area contributed by atoms with Crippen LogP contribution in [-0.4, -0.2) is 52.9 Å². The van der Waals surface area contributed by atoms with Gasteiger partial charge in [-0.25, -0.2) is 0 Å². The van der Waals surface area contributed by atoms with E-state index in [0.29, 0.717) is 50.5 Å². The standard InChI is InChI=1S/C32H34ClN3O3/c1-34-22-28(27-10-6-7-11-29(27)34)31(38)36-18-16-32(17-19-36,23-39-26-14-12-25(33)13-15-26)20-30(37)35(2)21-24-8-4-3-5-9-24/h3-15,22H,16-21,23H2,1-2H3. The van der Waals surface area contributed by atoms with Crippen LogP contribution in [0.25, 0.3) is 10.9 Å². The van der Waals surface area contributed by atoms with Crippen LogP contribution >= 0.6 is 11.6 Å². The molecule has 202 valence electrons. The molecule has 1 saturated heterocycles. The van der Waals surface area contributed by atoms with Gasteiger partial charge in [-0.2, -0.15) is 0 Å². The number of amides is 2. The van der Waals surface area contributed by atoms with E-state index in [9.17, 15) is 9.59 Å². The van der Waals surface area contributed by atoms with E-state index in [2.05, 4.69) is 0 Å². The maximum atomic E-state index is 13.6. The number of fused-ring (bicyclic) bond motifs is 1. The second-order valence-corrected chi connectivity index (χ2v) is 11.1. The van der Waals surface area contributed by atoms with Gasteiger partial charge in [-0.15, -0.1) is 0 Å². The smallest absolute Gasteiger partial charge is 0.256 e. The van der Waals surface area contributed by atoms with E-state index in [-0.39, 0.29) is 17.2 Å². The number of piperidine rings is 1. The van der Waals surface area contributed by atoms with Crippen molar-refractivity contribution in [3.63, 3.8) is 0 Å². The van der Waals surface area contributed by atoms with Crippen LogP contribution in [-0.2, 0) is 18.4 Å². The van der Waals surface area contributed by atoms with Gasteiger partial charge in [0.05, 0.1) is 12.2 Å². The third kappa shape index (κ3) is 6.12. The maximum Gasteiger partial charge on any atom is 0.256 e. The van der Waals surface area contributed by atoms with Gasteiger partial charge in [0.25, 0.3) is 5.91 Å². The van der Waals surface area contributed by atoms with E-state index >= 15 is 0 Å². The molecule has 0 unspecified atom stereocenters. The number of rotatable bonds is 8. The molecule has 4 aromatic rings. The Kier molecular flexibility index (Phi) is 7.94. The molecular formula is C32H34ClN3O3. The van der Waals surface area contributed by atoms with Crippen molar-refractivity contribution in [2.24, 2.45) is 12.5 Å².